The van der Waals surface area contributed by atoms with Crippen LogP contribution in [0.15, 0.2) is 0 Å². The molecule has 1 saturated heterocycles. The highest BCUT2D eigenvalue weighted by Gasteiger charge is 2.42. The van der Waals surface area contributed by atoms with E-state index >= 15 is 0 Å². The largest absolute Gasteiger partial charge is 0.329 e. The third kappa shape index (κ3) is 1.20. The van der Waals surface area contributed by atoms with Crippen molar-refractivity contribution in [1.29, 1.82) is 0 Å². The molecule has 3 heteroatoms. The van der Waals surface area contributed by atoms with Crippen LogP contribution in [0.3, 0.4) is 0 Å². The maximum absolute atomic E-state index is 11.1. The van der Waals surface area contributed by atoms with Crippen LogP contribution in [0.2, 0.25) is 0 Å². The molecule has 0 radical (unpaired) electrons. The van der Waals surface area contributed by atoms with Crippen LogP contribution in [-0.4, -0.2) is 23.3 Å². The summed E-state index contributed by atoms with van der Waals surface area (Å²) in [6.45, 7) is 0.749. The van der Waals surface area contributed by atoms with Crippen LogP contribution in [0.25, 0.3) is 0 Å². The number of carbonyl (C=O) groups excluding carboxylic acids is 1. The van der Waals surface area contributed by atoms with Crippen molar-refractivity contribution in [3.05, 3.63) is 0 Å². The lowest BCUT2D eigenvalue weighted by Gasteiger charge is -2.13. The quantitative estimate of drug-likeness (QED) is 0.630. The lowest BCUT2D eigenvalue weighted by Crippen LogP contribution is -2.23. The average Bonchev–Trinajstić information content (AvgIpc) is 2.45. The molecule has 0 amide bonds. The van der Waals surface area contributed by atoms with Crippen molar-refractivity contribution in [2.75, 3.05) is 12.3 Å². The molecule has 1 heterocycles. The van der Waals surface area contributed by atoms with Gasteiger partial charge in [-0.1, -0.05) is 0 Å². The predicted molar refractivity (Wildman–Crippen MR) is 46.5 cm³/mol. The number of fused-ring (bicyclic) bond motifs is 1. The van der Waals surface area contributed by atoms with Gasteiger partial charge in [0.25, 0.3) is 0 Å². The molecule has 11 heavy (non-hydrogen) atoms. The van der Waals surface area contributed by atoms with Crippen molar-refractivity contribution in [2.45, 2.75) is 18.1 Å². The van der Waals surface area contributed by atoms with Crippen molar-refractivity contribution in [2.24, 2.45) is 17.6 Å². The fraction of sp³-hybridized carbons (Fsp3) is 0.875. The molecule has 0 bridgehead atoms. The van der Waals surface area contributed by atoms with Crippen LogP contribution in [0, 0.1) is 11.8 Å². The average molecular weight is 171 g/mol. The van der Waals surface area contributed by atoms with E-state index in [2.05, 4.69) is 0 Å². The molecule has 2 fully saturated rings. The number of ketones is 1. The fourth-order valence-corrected chi connectivity index (χ4v) is 3.75. The zero-order valence-corrected chi connectivity index (χ0v) is 7.27. The zero-order valence-electron chi connectivity index (χ0n) is 6.45. The number of hydrogen-bond donors (Lipinski definition) is 1. The van der Waals surface area contributed by atoms with Crippen molar-refractivity contribution in [3.8, 4) is 0 Å². The molecule has 3 atom stereocenters. The number of carbonyl (C=O) groups is 1. The number of rotatable bonds is 1. The Kier molecular flexibility index (Phi) is 1.93. The molecule has 1 saturated carbocycles. The highest BCUT2D eigenvalue weighted by atomic mass is 32.2. The highest BCUT2D eigenvalue weighted by Crippen LogP contribution is 2.44. The Morgan fingerprint density at radius 1 is 1.55 bits per heavy atom. The zero-order chi connectivity index (χ0) is 7.84. The summed E-state index contributed by atoms with van der Waals surface area (Å²) < 4.78 is 0. The molecule has 2 nitrogen and oxygen atoms in total. The third-order valence-electron chi connectivity index (χ3n) is 2.79. The third-order valence-corrected chi connectivity index (χ3v) is 4.38. The minimum atomic E-state index is 0.457. The molecular weight excluding hydrogens is 158 g/mol. The maximum Gasteiger partial charge on any atom is 0.133 e. The second kappa shape index (κ2) is 2.79. The van der Waals surface area contributed by atoms with Gasteiger partial charge in [-0.05, 0) is 17.6 Å². The van der Waals surface area contributed by atoms with Gasteiger partial charge in [-0.25, -0.2) is 0 Å². The Morgan fingerprint density at radius 2 is 2.36 bits per heavy atom. The second-order valence-electron chi connectivity index (χ2n) is 3.48. The number of thioether (sulfide) groups is 1. The number of nitrogens with two attached hydrogens (primary N) is 1. The lowest BCUT2D eigenvalue weighted by atomic mass is 9.95. The first-order chi connectivity index (χ1) is 5.31. The van der Waals surface area contributed by atoms with Gasteiger partial charge in [-0.15, -0.1) is 0 Å². The topological polar surface area (TPSA) is 43.1 Å². The molecule has 1 aliphatic heterocycles. The van der Waals surface area contributed by atoms with Gasteiger partial charge in [0.1, 0.15) is 5.78 Å². The van der Waals surface area contributed by atoms with Gasteiger partial charge in [-0.2, -0.15) is 11.8 Å². The van der Waals surface area contributed by atoms with E-state index in [0.29, 0.717) is 22.9 Å². The molecular formula is C8H13NOS. The monoisotopic (exact) mass is 171 g/mol. The Hall–Kier alpha value is -0.0200. The van der Waals surface area contributed by atoms with Gasteiger partial charge < -0.3 is 5.73 Å². The summed E-state index contributed by atoms with van der Waals surface area (Å²) in [5.41, 5.74) is 5.60. The van der Waals surface area contributed by atoms with E-state index in [9.17, 15) is 4.79 Å². The molecule has 0 aromatic rings. The van der Waals surface area contributed by atoms with Crippen molar-refractivity contribution < 1.29 is 4.79 Å². The Balaban J connectivity index is 2.07. The van der Waals surface area contributed by atoms with Crippen molar-refractivity contribution in [3.63, 3.8) is 0 Å². The molecule has 1 aliphatic carbocycles. The lowest BCUT2D eigenvalue weighted by molar-refractivity contribution is -0.117. The minimum absolute atomic E-state index is 0.457. The summed E-state index contributed by atoms with van der Waals surface area (Å²) in [5, 5.41) is 0.575. The molecule has 3 unspecified atom stereocenters. The van der Waals surface area contributed by atoms with Gasteiger partial charge in [0.05, 0.1) is 0 Å². The van der Waals surface area contributed by atoms with Crippen LogP contribution in [0.4, 0.5) is 0 Å². The molecule has 0 aromatic carbocycles. The standard InChI is InChI=1S/C8H13NOS/c9-3-8-7-2-6(10)1-5(7)4-11-8/h5,7-8H,1-4,9H2. The normalized spacial score (nSPS) is 43.0. The van der Waals surface area contributed by atoms with Gasteiger partial charge in [0, 0.05) is 24.6 Å². The van der Waals surface area contributed by atoms with Crippen LogP contribution >= 0.6 is 11.8 Å². The second-order valence-corrected chi connectivity index (χ2v) is 4.75. The highest BCUT2D eigenvalue weighted by molar-refractivity contribution is 8.00. The van der Waals surface area contributed by atoms with E-state index in [4.69, 9.17) is 5.73 Å². The van der Waals surface area contributed by atoms with Gasteiger partial charge in [-0.3, -0.25) is 4.79 Å². The van der Waals surface area contributed by atoms with E-state index < -0.39 is 0 Å². The molecule has 62 valence electrons. The maximum atomic E-state index is 11.1. The Morgan fingerprint density at radius 3 is 3.09 bits per heavy atom. The summed E-state index contributed by atoms with van der Waals surface area (Å²) in [6, 6.07) is 0. The molecule has 0 aromatic heterocycles. The summed E-state index contributed by atoms with van der Waals surface area (Å²) in [7, 11) is 0. The van der Waals surface area contributed by atoms with E-state index in [0.717, 1.165) is 25.1 Å². The Bertz CT molecular complexity index is 183. The first-order valence-electron chi connectivity index (χ1n) is 4.14. The van der Waals surface area contributed by atoms with E-state index in [-0.39, 0.29) is 0 Å². The van der Waals surface area contributed by atoms with Gasteiger partial charge in [0.2, 0.25) is 0 Å². The van der Waals surface area contributed by atoms with Crippen molar-refractivity contribution in [1.82, 2.24) is 0 Å². The first kappa shape index (κ1) is 7.62. The summed E-state index contributed by atoms with van der Waals surface area (Å²) in [4.78, 5) is 11.1. The summed E-state index contributed by atoms with van der Waals surface area (Å²) in [6.07, 6.45) is 1.63. The van der Waals surface area contributed by atoms with Gasteiger partial charge >= 0.3 is 0 Å². The van der Waals surface area contributed by atoms with E-state index in [1.54, 1.807) is 0 Å². The molecule has 2 aliphatic rings. The minimum Gasteiger partial charge on any atom is -0.329 e. The number of hydrogen-bond acceptors (Lipinski definition) is 3. The fourth-order valence-electron chi connectivity index (χ4n) is 2.19. The van der Waals surface area contributed by atoms with Crippen LogP contribution in [0.1, 0.15) is 12.8 Å². The molecule has 2 rings (SSSR count). The summed E-state index contributed by atoms with van der Waals surface area (Å²) >= 11 is 1.96. The van der Waals surface area contributed by atoms with Crippen LogP contribution in [-0.2, 0) is 4.79 Å². The number of Topliss-reactive ketones (excluding diaryl/α,β-unsaturated/α-hetero) is 1. The predicted octanol–water partition coefficient (Wildman–Crippen LogP) is 0.656. The molecule has 0 spiro atoms. The van der Waals surface area contributed by atoms with Crippen molar-refractivity contribution >= 4 is 17.5 Å². The van der Waals surface area contributed by atoms with E-state index in [1.807, 2.05) is 11.8 Å². The Labute approximate surface area is 70.9 Å². The van der Waals surface area contributed by atoms with E-state index in [1.165, 1.54) is 0 Å². The first-order valence-corrected chi connectivity index (χ1v) is 5.19. The van der Waals surface area contributed by atoms with Crippen LogP contribution < -0.4 is 5.73 Å². The SMILES string of the molecule is NCC1SCC2CC(=O)CC21. The van der Waals surface area contributed by atoms with Gasteiger partial charge in [0.15, 0.2) is 0 Å². The smallest absolute Gasteiger partial charge is 0.133 e. The summed E-state index contributed by atoms with van der Waals surface area (Å²) in [5.74, 6) is 2.91. The van der Waals surface area contributed by atoms with Crippen LogP contribution in [0.5, 0.6) is 0 Å². The molecule has 2 N–H and O–H groups in total.